The van der Waals surface area contributed by atoms with Gasteiger partial charge in [-0.2, -0.15) is 22.5 Å². The monoisotopic (exact) mass is 289 g/mol. The van der Waals surface area contributed by atoms with E-state index in [2.05, 4.69) is 9.36 Å². The van der Waals surface area contributed by atoms with Crippen molar-refractivity contribution in [3.63, 3.8) is 0 Å². The number of hydrogen-bond acceptors (Lipinski definition) is 5. The Labute approximate surface area is 111 Å². The smallest absolute Gasteiger partial charge is 0.430 e. The standard InChI is InChI=1S/C11H10F3N3OS/c1-5-4-8(6(2)3-7(5)15)18-10-16-9(17-19-10)11(12,13)14/h3-4H,15H2,1-2H3. The summed E-state index contributed by atoms with van der Waals surface area (Å²) in [6, 6.07) is 3.34. The minimum Gasteiger partial charge on any atom is -0.430 e. The summed E-state index contributed by atoms with van der Waals surface area (Å²) < 4.78 is 45.6. The molecule has 2 aromatic rings. The van der Waals surface area contributed by atoms with Crippen LogP contribution in [0.2, 0.25) is 0 Å². The van der Waals surface area contributed by atoms with E-state index < -0.39 is 12.0 Å². The third-order valence-corrected chi connectivity index (χ3v) is 3.02. The van der Waals surface area contributed by atoms with E-state index >= 15 is 0 Å². The van der Waals surface area contributed by atoms with Crippen molar-refractivity contribution in [3.8, 4) is 10.9 Å². The number of hydrogen-bond donors (Lipinski definition) is 1. The van der Waals surface area contributed by atoms with Gasteiger partial charge in [-0.25, -0.2) is 0 Å². The highest BCUT2D eigenvalue weighted by Gasteiger charge is 2.36. The number of halogens is 3. The van der Waals surface area contributed by atoms with E-state index in [9.17, 15) is 13.2 Å². The summed E-state index contributed by atoms with van der Waals surface area (Å²) in [5, 5.41) is -0.153. The first-order chi connectivity index (χ1) is 8.77. The molecule has 1 heterocycles. The van der Waals surface area contributed by atoms with Gasteiger partial charge in [-0.3, -0.25) is 0 Å². The third kappa shape index (κ3) is 2.95. The Morgan fingerprint density at radius 2 is 1.89 bits per heavy atom. The Hall–Kier alpha value is -1.83. The van der Waals surface area contributed by atoms with Gasteiger partial charge in [0.15, 0.2) is 0 Å². The third-order valence-electron chi connectivity index (χ3n) is 2.42. The molecule has 1 aromatic heterocycles. The van der Waals surface area contributed by atoms with Crippen molar-refractivity contribution < 1.29 is 17.9 Å². The fourth-order valence-corrected chi connectivity index (χ4v) is 1.95. The van der Waals surface area contributed by atoms with E-state index in [4.69, 9.17) is 10.5 Å². The number of alkyl halides is 3. The van der Waals surface area contributed by atoms with Crippen molar-refractivity contribution in [2.45, 2.75) is 20.0 Å². The van der Waals surface area contributed by atoms with Crippen LogP contribution in [0.3, 0.4) is 0 Å². The average molecular weight is 289 g/mol. The van der Waals surface area contributed by atoms with Crippen LogP contribution >= 0.6 is 11.5 Å². The molecule has 1 aromatic carbocycles. The number of aryl methyl sites for hydroxylation is 2. The van der Waals surface area contributed by atoms with Crippen molar-refractivity contribution in [2.75, 3.05) is 5.73 Å². The molecule has 0 spiro atoms. The van der Waals surface area contributed by atoms with Crippen LogP contribution < -0.4 is 10.5 Å². The SMILES string of the molecule is Cc1cc(Oc2nc(C(F)(F)F)ns2)c(C)cc1N. The Bertz CT molecular complexity index is 610. The molecule has 0 bridgehead atoms. The lowest BCUT2D eigenvalue weighted by Crippen LogP contribution is -2.07. The van der Waals surface area contributed by atoms with Gasteiger partial charge in [0.05, 0.1) is 0 Å². The predicted octanol–water partition coefficient (Wildman–Crippen LogP) is 3.55. The number of nitrogens with zero attached hydrogens (tertiary/aromatic N) is 2. The topological polar surface area (TPSA) is 61.0 Å². The molecule has 0 radical (unpaired) electrons. The largest absolute Gasteiger partial charge is 0.452 e. The normalized spacial score (nSPS) is 11.6. The van der Waals surface area contributed by atoms with Crippen LogP contribution in [0.25, 0.3) is 0 Å². The number of anilines is 1. The molecule has 0 atom stereocenters. The Morgan fingerprint density at radius 3 is 2.47 bits per heavy atom. The first kappa shape index (κ1) is 13.6. The molecule has 4 nitrogen and oxygen atoms in total. The number of nitrogens with two attached hydrogens (primary N) is 1. The molecular weight excluding hydrogens is 279 g/mol. The summed E-state index contributed by atoms with van der Waals surface area (Å²) in [5.74, 6) is -0.783. The summed E-state index contributed by atoms with van der Waals surface area (Å²) in [7, 11) is 0. The maximum atomic E-state index is 12.3. The number of nitrogen functional groups attached to an aromatic ring is 1. The van der Waals surface area contributed by atoms with Crippen molar-refractivity contribution in [1.82, 2.24) is 9.36 Å². The molecule has 0 aliphatic carbocycles. The molecule has 0 saturated carbocycles. The minimum atomic E-state index is -4.57. The van der Waals surface area contributed by atoms with Crippen molar-refractivity contribution in [2.24, 2.45) is 0 Å². The van der Waals surface area contributed by atoms with Crippen LogP contribution in [-0.2, 0) is 6.18 Å². The number of benzene rings is 1. The summed E-state index contributed by atoms with van der Waals surface area (Å²) in [6.45, 7) is 3.53. The van der Waals surface area contributed by atoms with Gasteiger partial charge >= 0.3 is 6.18 Å². The first-order valence-electron chi connectivity index (χ1n) is 5.23. The molecule has 8 heteroatoms. The van der Waals surface area contributed by atoms with E-state index in [1.54, 1.807) is 26.0 Å². The number of aromatic nitrogens is 2. The second kappa shape index (κ2) is 4.69. The van der Waals surface area contributed by atoms with Crippen LogP contribution in [0.1, 0.15) is 17.0 Å². The highest BCUT2D eigenvalue weighted by Crippen LogP contribution is 2.33. The van der Waals surface area contributed by atoms with Gasteiger partial charge in [0.2, 0.25) is 0 Å². The lowest BCUT2D eigenvalue weighted by molar-refractivity contribution is -0.144. The fraction of sp³-hybridized carbons (Fsp3) is 0.273. The second-order valence-corrected chi connectivity index (χ2v) is 4.67. The van der Waals surface area contributed by atoms with Crippen molar-refractivity contribution in [3.05, 3.63) is 29.1 Å². The Morgan fingerprint density at radius 1 is 1.21 bits per heavy atom. The zero-order valence-corrected chi connectivity index (χ0v) is 10.9. The molecule has 0 aliphatic heterocycles. The van der Waals surface area contributed by atoms with E-state index in [0.29, 0.717) is 28.5 Å². The van der Waals surface area contributed by atoms with E-state index in [0.717, 1.165) is 5.56 Å². The van der Waals surface area contributed by atoms with E-state index in [-0.39, 0.29) is 5.19 Å². The highest BCUT2D eigenvalue weighted by molar-refractivity contribution is 7.07. The van der Waals surface area contributed by atoms with E-state index in [1.807, 2.05) is 0 Å². The quantitative estimate of drug-likeness (QED) is 0.859. The molecule has 0 fully saturated rings. The average Bonchev–Trinajstić information content (AvgIpc) is 2.74. The number of rotatable bonds is 2. The minimum absolute atomic E-state index is 0.153. The number of ether oxygens (including phenoxy) is 1. The Kier molecular flexibility index (Phi) is 3.36. The van der Waals surface area contributed by atoms with Gasteiger partial charge in [-0.05, 0) is 37.1 Å². The molecule has 102 valence electrons. The Balaban J connectivity index is 2.27. The van der Waals surface area contributed by atoms with Gasteiger partial charge in [-0.1, -0.05) is 0 Å². The van der Waals surface area contributed by atoms with Gasteiger partial charge in [0.1, 0.15) is 5.75 Å². The highest BCUT2D eigenvalue weighted by atomic mass is 32.1. The first-order valence-corrected chi connectivity index (χ1v) is 6.00. The zero-order chi connectivity index (χ0) is 14.2. The molecule has 19 heavy (non-hydrogen) atoms. The lowest BCUT2D eigenvalue weighted by Gasteiger charge is -2.08. The van der Waals surface area contributed by atoms with E-state index in [1.165, 1.54) is 0 Å². The summed E-state index contributed by atoms with van der Waals surface area (Å²) in [5.41, 5.74) is 7.80. The van der Waals surface area contributed by atoms with Crippen molar-refractivity contribution >= 4 is 17.2 Å². The van der Waals surface area contributed by atoms with Crippen LogP contribution in [0.4, 0.5) is 18.9 Å². The van der Waals surface area contributed by atoms with Gasteiger partial charge in [0, 0.05) is 17.2 Å². The molecule has 2 N–H and O–H groups in total. The van der Waals surface area contributed by atoms with Crippen LogP contribution in [0, 0.1) is 13.8 Å². The van der Waals surface area contributed by atoms with Crippen LogP contribution in [0.15, 0.2) is 12.1 Å². The molecule has 0 unspecified atom stereocenters. The fourth-order valence-electron chi connectivity index (χ4n) is 1.38. The molecule has 0 aliphatic rings. The molecule has 0 amide bonds. The van der Waals surface area contributed by atoms with Crippen LogP contribution in [0.5, 0.6) is 10.9 Å². The van der Waals surface area contributed by atoms with Gasteiger partial charge in [0.25, 0.3) is 11.0 Å². The molecular formula is C11H10F3N3OS. The summed E-state index contributed by atoms with van der Waals surface area (Å²) in [4.78, 5) is 3.30. The summed E-state index contributed by atoms with van der Waals surface area (Å²) in [6.07, 6.45) is -4.57. The van der Waals surface area contributed by atoms with Crippen molar-refractivity contribution in [1.29, 1.82) is 0 Å². The maximum Gasteiger partial charge on any atom is 0.452 e. The molecule has 2 rings (SSSR count). The zero-order valence-electron chi connectivity index (χ0n) is 10.1. The van der Waals surface area contributed by atoms with Crippen LogP contribution in [-0.4, -0.2) is 9.36 Å². The van der Waals surface area contributed by atoms with Gasteiger partial charge in [-0.15, -0.1) is 0 Å². The molecule has 0 saturated heterocycles. The summed E-state index contributed by atoms with van der Waals surface area (Å²) >= 11 is 0.555. The lowest BCUT2D eigenvalue weighted by atomic mass is 10.1. The second-order valence-electron chi connectivity index (χ2n) is 3.96. The van der Waals surface area contributed by atoms with Gasteiger partial charge < -0.3 is 10.5 Å². The predicted molar refractivity (Wildman–Crippen MR) is 65.3 cm³/mol. The maximum absolute atomic E-state index is 12.3.